The molecule has 1 amide bonds. The molecule has 1 atom stereocenters. The molecule has 0 rings (SSSR count). The molecule has 0 aliphatic heterocycles. The number of carbonyl (C=O) groups is 1. The minimum atomic E-state index is -4.42. The van der Waals surface area contributed by atoms with E-state index in [1.807, 2.05) is 0 Å². The van der Waals surface area contributed by atoms with Crippen LogP contribution in [0.3, 0.4) is 0 Å². The van der Waals surface area contributed by atoms with Crippen LogP contribution in [-0.4, -0.2) is 28.1 Å². The predicted octanol–water partition coefficient (Wildman–Crippen LogP) is -4.10. The molecule has 2 N–H and O–H groups in total. The van der Waals surface area contributed by atoms with Crippen LogP contribution in [0.1, 0.15) is 0 Å². The SMILES string of the molecule is O=CN(O)C/C=C/P(=O)([O-])O.[K+]. The fourth-order valence-electron chi connectivity index (χ4n) is 0.331. The van der Waals surface area contributed by atoms with Gasteiger partial charge in [-0.15, -0.1) is 0 Å². The quantitative estimate of drug-likeness (QED) is 0.164. The van der Waals surface area contributed by atoms with Gasteiger partial charge in [-0.05, 0) is 5.82 Å². The maximum atomic E-state index is 10.0. The van der Waals surface area contributed by atoms with Gasteiger partial charge in [-0.2, -0.15) is 0 Å². The molecule has 1 unspecified atom stereocenters. The van der Waals surface area contributed by atoms with Gasteiger partial charge in [0.05, 0.1) is 6.54 Å². The molecule has 0 spiro atoms. The summed E-state index contributed by atoms with van der Waals surface area (Å²) in [5, 5.41) is 8.62. The van der Waals surface area contributed by atoms with Crippen molar-refractivity contribution in [1.82, 2.24) is 5.06 Å². The maximum absolute atomic E-state index is 10.0. The standard InChI is InChI=1S/C4H8NO5P.K/c6-4-5(7)2-1-3-11(8,9)10;/h1,3-4,7H,2H2,(H2,8,9,10);/q;+1/p-1/b3-1+;. The van der Waals surface area contributed by atoms with Crippen molar-refractivity contribution < 1.29 is 75.7 Å². The fraction of sp³-hybridized carbons (Fsp3) is 0.250. The first-order valence-corrected chi connectivity index (χ1v) is 4.22. The zero-order valence-corrected chi connectivity index (χ0v) is 10.5. The zero-order chi connectivity index (χ0) is 8.91. The van der Waals surface area contributed by atoms with Gasteiger partial charge in [-0.1, -0.05) is 6.08 Å². The van der Waals surface area contributed by atoms with E-state index in [4.69, 9.17) is 10.1 Å². The Morgan fingerprint density at radius 3 is 2.42 bits per heavy atom. The van der Waals surface area contributed by atoms with Crippen molar-refractivity contribution in [1.29, 1.82) is 0 Å². The Balaban J connectivity index is 0. The molecule has 0 bridgehead atoms. The second-order valence-electron chi connectivity index (χ2n) is 1.68. The van der Waals surface area contributed by atoms with Crippen LogP contribution in [0.5, 0.6) is 0 Å². The minimum absolute atomic E-state index is 0. The number of nitrogens with zero attached hydrogens (tertiary/aromatic N) is 1. The largest absolute Gasteiger partial charge is 1.00 e. The predicted molar refractivity (Wildman–Crippen MR) is 33.5 cm³/mol. The Morgan fingerprint density at radius 1 is 1.58 bits per heavy atom. The van der Waals surface area contributed by atoms with Crippen molar-refractivity contribution in [3.63, 3.8) is 0 Å². The molecule has 0 heterocycles. The molecular formula is C4H7KNO5P. The summed E-state index contributed by atoms with van der Waals surface area (Å²) >= 11 is 0. The van der Waals surface area contributed by atoms with Crippen LogP contribution in [0.25, 0.3) is 0 Å². The number of carbonyl (C=O) groups excluding carboxylic acids is 1. The summed E-state index contributed by atoms with van der Waals surface area (Å²) in [6, 6.07) is 0. The summed E-state index contributed by atoms with van der Waals surface area (Å²) in [6.07, 6.45) is 1.04. The molecule has 0 saturated heterocycles. The first-order chi connectivity index (χ1) is 4.95. The van der Waals surface area contributed by atoms with Crippen LogP contribution < -0.4 is 56.3 Å². The van der Waals surface area contributed by atoms with Gasteiger partial charge in [0.1, 0.15) is 0 Å². The van der Waals surface area contributed by atoms with Gasteiger partial charge in [0, 0.05) is 0 Å². The van der Waals surface area contributed by atoms with Crippen LogP contribution in [-0.2, 0) is 9.36 Å². The fourth-order valence-corrected chi connectivity index (χ4v) is 0.692. The topological polar surface area (TPSA) is 101 Å². The van der Waals surface area contributed by atoms with Gasteiger partial charge < -0.3 is 14.4 Å². The number of hydroxylamine groups is 2. The molecule has 12 heavy (non-hydrogen) atoms. The van der Waals surface area contributed by atoms with E-state index in [9.17, 15) is 14.3 Å². The summed E-state index contributed by atoms with van der Waals surface area (Å²) in [5.41, 5.74) is 0. The second kappa shape index (κ2) is 7.37. The van der Waals surface area contributed by atoms with E-state index in [1.54, 1.807) is 0 Å². The number of amides is 1. The minimum Gasteiger partial charge on any atom is -0.776 e. The maximum Gasteiger partial charge on any atom is 1.00 e. The Kier molecular flexibility index (Phi) is 9.47. The van der Waals surface area contributed by atoms with Gasteiger partial charge in [-0.25, -0.2) is 5.06 Å². The van der Waals surface area contributed by atoms with Gasteiger partial charge in [0.15, 0.2) is 7.60 Å². The van der Waals surface area contributed by atoms with Gasteiger partial charge >= 0.3 is 51.4 Å². The van der Waals surface area contributed by atoms with Crippen molar-refractivity contribution in [3.8, 4) is 0 Å². The molecule has 0 aliphatic rings. The van der Waals surface area contributed by atoms with E-state index >= 15 is 0 Å². The van der Waals surface area contributed by atoms with E-state index in [-0.39, 0.29) is 69.4 Å². The normalized spacial score (nSPS) is 14.9. The summed E-state index contributed by atoms with van der Waals surface area (Å²) in [5.74, 6) is 0.500. The molecule has 0 radical (unpaired) electrons. The molecule has 0 aliphatic carbocycles. The molecular weight excluding hydrogens is 212 g/mol. The molecule has 8 heteroatoms. The Bertz CT molecular complexity index is 202. The van der Waals surface area contributed by atoms with Crippen LogP contribution in [0, 0.1) is 0 Å². The van der Waals surface area contributed by atoms with E-state index < -0.39 is 7.60 Å². The molecule has 0 fully saturated rings. The molecule has 0 aromatic carbocycles. The van der Waals surface area contributed by atoms with Crippen molar-refractivity contribution in [2.24, 2.45) is 0 Å². The van der Waals surface area contributed by atoms with E-state index in [1.165, 1.54) is 0 Å². The number of hydrogen-bond acceptors (Lipinski definition) is 4. The Hall–Kier alpha value is 0.956. The van der Waals surface area contributed by atoms with Crippen LogP contribution in [0.4, 0.5) is 0 Å². The number of rotatable bonds is 4. The first-order valence-electron chi connectivity index (χ1n) is 2.58. The van der Waals surface area contributed by atoms with Gasteiger partial charge in [0.2, 0.25) is 6.41 Å². The second-order valence-corrected chi connectivity index (χ2v) is 3.10. The summed E-state index contributed by atoms with van der Waals surface area (Å²) in [6.45, 7) is -0.281. The number of hydrogen-bond donors (Lipinski definition) is 2. The van der Waals surface area contributed by atoms with E-state index in [2.05, 4.69) is 0 Å². The van der Waals surface area contributed by atoms with Crippen molar-refractivity contribution >= 4 is 14.0 Å². The Morgan fingerprint density at radius 2 is 2.08 bits per heavy atom. The zero-order valence-electron chi connectivity index (χ0n) is 6.45. The molecule has 6 nitrogen and oxygen atoms in total. The van der Waals surface area contributed by atoms with Gasteiger partial charge in [0.25, 0.3) is 0 Å². The monoisotopic (exact) mass is 219 g/mol. The van der Waals surface area contributed by atoms with Crippen molar-refractivity contribution in [2.75, 3.05) is 6.54 Å². The average molecular weight is 219 g/mol. The smallest absolute Gasteiger partial charge is 0.776 e. The third-order valence-electron chi connectivity index (χ3n) is 0.708. The third kappa shape index (κ3) is 11.0. The summed E-state index contributed by atoms with van der Waals surface area (Å²) < 4.78 is 10.0. The first kappa shape index (κ1) is 15.4. The van der Waals surface area contributed by atoms with E-state index in [0.717, 1.165) is 6.08 Å². The van der Waals surface area contributed by atoms with Crippen LogP contribution >= 0.6 is 7.60 Å². The average Bonchev–Trinajstić information content (AvgIpc) is 1.85. The van der Waals surface area contributed by atoms with Gasteiger partial charge in [-0.3, -0.25) is 10.0 Å². The molecule has 64 valence electrons. The summed E-state index contributed by atoms with van der Waals surface area (Å²) in [7, 11) is -4.42. The molecule has 0 aromatic heterocycles. The van der Waals surface area contributed by atoms with Crippen LogP contribution in [0.2, 0.25) is 0 Å². The Labute approximate surface area is 112 Å². The van der Waals surface area contributed by atoms with Crippen LogP contribution in [0.15, 0.2) is 11.9 Å². The summed E-state index contributed by atoms with van der Waals surface area (Å²) in [4.78, 5) is 27.8. The van der Waals surface area contributed by atoms with Crippen molar-refractivity contribution in [3.05, 3.63) is 11.9 Å². The third-order valence-corrected chi connectivity index (χ3v) is 1.30. The van der Waals surface area contributed by atoms with E-state index in [0.29, 0.717) is 5.82 Å². The molecule has 0 saturated carbocycles. The van der Waals surface area contributed by atoms with Crippen molar-refractivity contribution in [2.45, 2.75) is 0 Å². The molecule has 0 aromatic rings.